The monoisotopic (exact) mass is 237 g/mol. The highest BCUT2D eigenvalue weighted by Gasteiger charge is 2.29. The molecule has 1 aromatic carbocycles. The zero-order valence-corrected chi connectivity index (χ0v) is 11.0. The molecule has 0 fully saturated rings. The minimum atomic E-state index is -2.10. The van der Waals surface area contributed by atoms with Crippen LogP contribution in [0, 0.1) is 0 Å². The second-order valence-electron chi connectivity index (χ2n) is 4.87. The van der Waals surface area contributed by atoms with Crippen molar-refractivity contribution in [3.8, 4) is 0 Å². The van der Waals surface area contributed by atoms with Crippen molar-refractivity contribution in [3.05, 3.63) is 29.8 Å². The molecule has 1 heterocycles. The van der Waals surface area contributed by atoms with Gasteiger partial charge in [-0.05, 0) is 32.5 Å². The molecule has 0 saturated carbocycles. The minimum Gasteiger partial charge on any atom is -0.319 e. The van der Waals surface area contributed by atoms with Gasteiger partial charge in [-0.1, -0.05) is 24.3 Å². The van der Waals surface area contributed by atoms with Gasteiger partial charge in [0.25, 0.3) is 0 Å². The van der Waals surface area contributed by atoms with E-state index in [2.05, 4.69) is 23.1 Å². The standard InChI is InChI=1S/C13H20NOP/c1-14(2)9-11-16(15)10-5-7-12-6-3-4-8-13(12)16/h3-4,6,8H,5,7,9-11H2,1-2H3. The number of benzene rings is 1. The Morgan fingerprint density at radius 2 is 2.06 bits per heavy atom. The van der Waals surface area contributed by atoms with E-state index in [0.29, 0.717) is 0 Å². The second-order valence-corrected chi connectivity index (χ2v) is 8.03. The Bertz CT molecular complexity index is 414. The third-order valence-corrected chi connectivity index (χ3v) is 6.58. The van der Waals surface area contributed by atoms with Crippen LogP contribution in [0.25, 0.3) is 0 Å². The topological polar surface area (TPSA) is 20.3 Å². The van der Waals surface area contributed by atoms with Crippen LogP contribution in [0.3, 0.4) is 0 Å². The summed E-state index contributed by atoms with van der Waals surface area (Å²) in [5.74, 6) is 0. The lowest BCUT2D eigenvalue weighted by Crippen LogP contribution is -2.25. The predicted octanol–water partition coefficient (Wildman–Crippen LogP) is 2.18. The van der Waals surface area contributed by atoms with Crippen LogP contribution in [0.1, 0.15) is 12.0 Å². The Hall–Kier alpha value is -0.590. The summed E-state index contributed by atoms with van der Waals surface area (Å²) in [6.45, 7) is 0.922. The van der Waals surface area contributed by atoms with E-state index in [9.17, 15) is 4.57 Å². The summed E-state index contributed by atoms with van der Waals surface area (Å²) < 4.78 is 12.9. The van der Waals surface area contributed by atoms with Crippen LogP contribution in [0.15, 0.2) is 24.3 Å². The van der Waals surface area contributed by atoms with E-state index in [4.69, 9.17) is 0 Å². The fourth-order valence-corrected chi connectivity index (χ4v) is 5.52. The van der Waals surface area contributed by atoms with Gasteiger partial charge in [0.2, 0.25) is 0 Å². The number of hydrogen-bond acceptors (Lipinski definition) is 2. The fourth-order valence-electron chi connectivity index (χ4n) is 2.36. The van der Waals surface area contributed by atoms with E-state index in [1.165, 1.54) is 5.56 Å². The molecular weight excluding hydrogens is 217 g/mol. The molecule has 88 valence electrons. The lowest BCUT2D eigenvalue weighted by Gasteiger charge is -2.27. The predicted molar refractivity (Wildman–Crippen MR) is 70.3 cm³/mol. The molecule has 2 rings (SSSR count). The molecule has 3 heteroatoms. The van der Waals surface area contributed by atoms with Gasteiger partial charge in [0, 0.05) is 24.2 Å². The fraction of sp³-hybridized carbons (Fsp3) is 0.538. The molecule has 0 bridgehead atoms. The molecule has 0 amide bonds. The number of fused-ring (bicyclic) bond motifs is 1. The van der Waals surface area contributed by atoms with E-state index in [1.54, 1.807) is 0 Å². The summed E-state index contributed by atoms with van der Waals surface area (Å²) in [6, 6.07) is 8.29. The molecule has 0 saturated heterocycles. The Kier molecular flexibility index (Phi) is 3.51. The van der Waals surface area contributed by atoms with Crippen molar-refractivity contribution >= 4 is 12.4 Å². The molecule has 0 aromatic heterocycles. The average molecular weight is 237 g/mol. The largest absolute Gasteiger partial charge is 0.319 e. The zero-order valence-electron chi connectivity index (χ0n) is 10.1. The molecule has 1 atom stereocenters. The number of nitrogens with zero attached hydrogens (tertiary/aromatic N) is 1. The minimum absolute atomic E-state index is 0.830. The Morgan fingerprint density at radius 1 is 1.31 bits per heavy atom. The molecule has 1 aliphatic rings. The van der Waals surface area contributed by atoms with Gasteiger partial charge >= 0.3 is 0 Å². The average Bonchev–Trinajstić information content (AvgIpc) is 2.27. The first-order valence-corrected chi connectivity index (χ1v) is 8.01. The summed E-state index contributed by atoms with van der Waals surface area (Å²) in [6.07, 6.45) is 3.92. The Morgan fingerprint density at radius 3 is 2.81 bits per heavy atom. The quantitative estimate of drug-likeness (QED) is 0.751. The van der Waals surface area contributed by atoms with Crippen LogP contribution < -0.4 is 5.30 Å². The normalized spacial score (nSPS) is 24.4. The highest BCUT2D eigenvalue weighted by atomic mass is 31.2. The first-order chi connectivity index (χ1) is 7.62. The molecule has 0 N–H and O–H groups in total. The zero-order chi connectivity index (χ0) is 11.6. The van der Waals surface area contributed by atoms with Gasteiger partial charge in [0.1, 0.15) is 7.14 Å². The van der Waals surface area contributed by atoms with E-state index in [1.807, 2.05) is 20.2 Å². The third-order valence-electron chi connectivity index (χ3n) is 3.30. The van der Waals surface area contributed by atoms with Gasteiger partial charge in [-0.2, -0.15) is 0 Å². The summed E-state index contributed by atoms with van der Waals surface area (Å²) in [5.41, 5.74) is 1.32. The third kappa shape index (κ3) is 2.39. The van der Waals surface area contributed by atoms with Crippen LogP contribution >= 0.6 is 7.14 Å². The maximum Gasteiger partial charge on any atom is 0.117 e. The first kappa shape index (κ1) is 11.9. The van der Waals surface area contributed by atoms with Crippen LogP contribution in [0.5, 0.6) is 0 Å². The van der Waals surface area contributed by atoms with E-state index >= 15 is 0 Å². The molecule has 0 radical (unpaired) electrons. The van der Waals surface area contributed by atoms with E-state index < -0.39 is 7.14 Å². The smallest absolute Gasteiger partial charge is 0.117 e. The maximum absolute atomic E-state index is 12.9. The van der Waals surface area contributed by atoms with Gasteiger partial charge in [0.05, 0.1) is 0 Å². The molecular formula is C13H20NOP. The van der Waals surface area contributed by atoms with E-state index in [0.717, 1.165) is 37.0 Å². The Balaban J connectivity index is 2.26. The number of aryl methyl sites for hydroxylation is 1. The van der Waals surface area contributed by atoms with E-state index in [-0.39, 0.29) is 0 Å². The van der Waals surface area contributed by atoms with Crippen LogP contribution in [-0.2, 0) is 11.0 Å². The molecule has 1 aliphatic heterocycles. The Labute approximate surface area is 98.0 Å². The lowest BCUT2D eigenvalue weighted by molar-refractivity contribution is 0.432. The molecule has 0 aliphatic carbocycles. The molecule has 16 heavy (non-hydrogen) atoms. The van der Waals surface area contributed by atoms with Gasteiger partial charge in [-0.3, -0.25) is 0 Å². The van der Waals surface area contributed by atoms with Crippen molar-refractivity contribution in [1.82, 2.24) is 4.90 Å². The van der Waals surface area contributed by atoms with Crippen molar-refractivity contribution < 1.29 is 4.57 Å². The highest BCUT2D eigenvalue weighted by Crippen LogP contribution is 2.48. The lowest BCUT2D eigenvalue weighted by atomic mass is 10.1. The number of rotatable bonds is 3. The van der Waals surface area contributed by atoms with Gasteiger partial charge in [0.15, 0.2) is 0 Å². The van der Waals surface area contributed by atoms with Gasteiger partial charge in [-0.25, -0.2) is 0 Å². The molecule has 0 spiro atoms. The van der Waals surface area contributed by atoms with Crippen molar-refractivity contribution in [3.63, 3.8) is 0 Å². The number of hydrogen-bond donors (Lipinski definition) is 0. The van der Waals surface area contributed by atoms with Gasteiger partial charge < -0.3 is 9.46 Å². The summed E-state index contributed by atoms with van der Waals surface area (Å²) >= 11 is 0. The van der Waals surface area contributed by atoms with Crippen LogP contribution in [0.2, 0.25) is 0 Å². The molecule has 1 aromatic rings. The van der Waals surface area contributed by atoms with Crippen molar-refractivity contribution in [1.29, 1.82) is 0 Å². The van der Waals surface area contributed by atoms with Crippen molar-refractivity contribution in [2.24, 2.45) is 0 Å². The summed E-state index contributed by atoms with van der Waals surface area (Å²) in [7, 11) is 1.99. The van der Waals surface area contributed by atoms with Crippen LogP contribution in [0.4, 0.5) is 0 Å². The highest BCUT2D eigenvalue weighted by molar-refractivity contribution is 7.71. The molecule has 1 unspecified atom stereocenters. The van der Waals surface area contributed by atoms with Crippen molar-refractivity contribution in [2.75, 3.05) is 33.0 Å². The summed E-state index contributed by atoms with van der Waals surface area (Å²) in [4.78, 5) is 2.12. The first-order valence-electron chi connectivity index (χ1n) is 5.93. The summed E-state index contributed by atoms with van der Waals surface area (Å²) in [5, 5.41) is 1.16. The van der Waals surface area contributed by atoms with Crippen LogP contribution in [-0.4, -0.2) is 37.9 Å². The molecule has 2 nitrogen and oxygen atoms in total. The maximum atomic E-state index is 12.9. The SMILES string of the molecule is CN(C)CCP1(=O)CCCc2ccccc21. The van der Waals surface area contributed by atoms with Crippen molar-refractivity contribution in [2.45, 2.75) is 12.8 Å². The van der Waals surface area contributed by atoms with Gasteiger partial charge in [-0.15, -0.1) is 0 Å². The second kappa shape index (κ2) is 4.73.